The zero-order chi connectivity index (χ0) is 17.5. The van der Waals surface area contributed by atoms with Gasteiger partial charge >= 0.3 is 0 Å². The highest BCUT2D eigenvalue weighted by molar-refractivity contribution is 7.12. The molecule has 5 rings (SSSR count). The van der Waals surface area contributed by atoms with Gasteiger partial charge in [0, 0.05) is 19.0 Å². The number of thiophene rings is 1. The number of piperidine rings is 1. The fourth-order valence-corrected chi connectivity index (χ4v) is 4.00. The quantitative estimate of drug-likeness (QED) is 0.701. The van der Waals surface area contributed by atoms with Gasteiger partial charge in [-0.2, -0.15) is 4.98 Å². The van der Waals surface area contributed by atoms with Crippen LogP contribution in [0.2, 0.25) is 0 Å². The van der Waals surface area contributed by atoms with Gasteiger partial charge in [-0.1, -0.05) is 16.4 Å². The molecule has 0 N–H and O–H groups in total. The van der Waals surface area contributed by atoms with E-state index in [0.717, 1.165) is 42.9 Å². The van der Waals surface area contributed by atoms with Gasteiger partial charge in [-0.05, 0) is 37.1 Å². The number of amides is 1. The van der Waals surface area contributed by atoms with Crippen LogP contribution >= 0.6 is 11.3 Å². The van der Waals surface area contributed by atoms with Crippen molar-refractivity contribution in [2.24, 2.45) is 0 Å². The Morgan fingerprint density at radius 3 is 3.04 bits per heavy atom. The largest absolute Gasteiger partial charge is 0.336 e. The van der Waals surface area contributed by atoms with Crippen molar-refractivity contribution in [3.05, 3.63) is 34.4 Å². The molecule has 134 valence electrons. The lowest BCUT2D eigenvalue weighted by Crippen LogP contribution is -2.40. The standard InChI is InChI=1S/C17H18N6O2S/c24-17(14-4-2-8-26-14)22-7-1-3-12(9-22)23-10-13(19-21-23)16-18-15(20-25-16)11-5-6-11/h2,4,8,10-12H,1,3,5-7,9H2. The average Bonchev–Trinajstić information content (AvgIpc) is 3.14. The Labute approximate surface area is 153 Å². The normalized spacial score (nSPS) is 20.5. The third-order valence-electron chi connectivity index (χ3n) is 4.90. The zero-order valence-electron chi connectivity index (χ0n) is 14.1. The van der Waals surface area contributed by atoms with Crippen molar-refractivity contribution in [3.63, 3.8) is 0 Å². The number of hydrogen-bond donors (Lipinski definition) is 0. The Bertz CT molecular complexity index is 913. The second-order valence-corrected chi connectivity index (χ2v) is 7.79. The molecule has 1 aliphatic carbocycles. The van der Waals surface area contributed by atoms with Crippen LogP contribution in [0.5, 0.6) is 0 Å². The zero-order valence-corrected chi connectivity index (χ0v) is 14.9. The van der Waals surface area contributed by atoms with Crippen LogP contribution in [0, 0.1) is 0 Å². The summed E-state index contributed by atoms with van der Waals surface area (Å²) in [5.41, 5.74) is 0.589. The van der Waals surface area contributed by atoms with Crippen LogP contribution < -0.4 is 0 Å². The Morgan fingerprint density at radius 1 is 1.31 bits per heavy atom. The summed E-state index contributed by atoms with van der Waals surface area (Å²) >= 11 is 1.48. The fourth-order valence-electron chi connectivity index (χ4n) is 3.31. The minimum Gasteiger partial charge on any atom is -0.336 e. The van der Waals surface area contributed by atoms with E-state index in [1.807, 2.05) is 33.3 Å². The molecular formula is C17H18N6O2S. The van der Waals surface area contributed by atoms with Gasteiger partial charge in [-0.25, -0.2) is 4.68 Å². The molecule has 3 aromatic heterocycles. The third kappa shape index (κ3) is 2.92. The Morgan fingerprint density at radius 2 is 2.23 bits per heavy atom. The van der Waals surface area contributed by atoms with E-state index >= 15 is 0 Å². The van der Waals surface area contributed by atoms with E-state index in [0.29, 0.717) is 24.0 Å². The van der Waals surface area contributed by atoms with Gasteiger partial charge in [0.2, 0.25) is 0 Å². The SMILES string of the molecule is O=C(c1cccs1)N1CCCC(n2cc(-c3nc(C4CC4)no3)nn2)C1. The van der Waals surface area contributed by atoms with Crippen molar-refractivity contribution < 1.29 is 9.32 Å². The molecule has 26 heavy (non-hydrogen) atoms. The van der Waals surface area contributed by atoms with Crippen molar-refractivity contribution in [1.82, 2.24) is 30.0 Å². The van der Waals surface area contributed by atoms with Gasteiger partial charge in [0.05, 0.1) is 17.1 Å². The molecule has 3 aromatic rings. The molecule has 1 saturated heterocycles. The maximum Gasteiger partial charge on any atom is 0.280 e. The smallest absolute Gasteiger partial charge is 0.280 e. The molecule has 0 bridgehead atoms. The second kappa shape index (κ2) is 6.31. The topological polar surface area (TPSA) is 89.9 Å². The van der Waals surface area contributed by atoms with Crippen molar-refractivity contribution in [3.8, 4) is 11.6 Å². The molecule has 8 nitrogen and oxygen atoms in total. The van der Waals surface area contributed by atoms with E-state index in [1.54, 1.807) is 0 Å². The second-order valence-electron chi connectivity index (χ2n) is 6.84. The molecule has 4 heterocycles. The van der Waals surface area contributed by atoms with Crippen LogP contribution in [0.15, 0.2) is 28.2 Å². The molecule has 1 saturated carbocycles. The van der Waals surface area contributed by atoms with E-state index in [-0.39, 0.29) is 11.9 Å². The summed E-state index contributed by atoms with van der Waals surface area (Å²) < 4.78 is 7.14. The predicted molar refractivity (Wildman–Crippen MR) is 93.8 cm³/mol. The van der Waals surface area contributed by atoms with Gasteiger partial charge in [0.1, 0.15) is 0 Å². The highest BCUT2D eigenvalue weighted by atomic mass is 32.1. The first-order valence-electron chi connectivity index (χ1n) is 8.86. The molecule has 1 atom stereocenters. The number of rotatable bonds is 4. The predicted octanol–water partition coefficient (Wildman–Crippen LogP) is 2.74. The first kappa shape index (κ1) is 15.7. The lowest BCUT2D eigenvalue weighted by molar-refractivity contribution is 0.0677. The van der Waals surface area contributed by atoms with E-state index in [4.69, 9.17) is 4.52 Å². The van der Waals surface area contributed by atoms with Crippen LogP contribution in [0.3, 0.4) is 0 Å². The summed E-state index contributed by atoms with van der Waals surface area (Å²) in [5, 5.41) is 14.4. The number of hydrogen-bond acceptors (Lipinski definition) is 7. The van der Waals surface area contributed by atoms with Crippen molar-refractivity contribution >= 4 is 17.2 Å². The number of nitrogens with zero attached hydrogens (tertiary/aromatic N) is 6. The summed E-state index contributed by atoms with van der Waals surface area (Å²) in [5.74, 6) is 1.72. The molecule has 2 fully saturated rings. The Hall–Kier alpha value is -2.55. The van der Waals surface area contributed by atoms with Crippen LogP contribution in [0.4, 0.5) is 0 Å². The van der Waals surface area contributed by atoms with Crippen molar-refractivity contribution in [2.45, 2.75) is 37.6 Å². The third-order valence-corrected chi connectivity index (χ3v) is 5.76. The average molecular weight is 370 g/mol. The van der Waals surface area contributed by atoms with E-state index in [2.05, 4.69) is 20.5 Å². The molecule has 0 radical (unpaired) electrons. The molecule has 1 unspecified atom stereocenters. The summed E-state index contributed by atoms with van der Waals surface area (Å²) in [7, 11) is 0. The van der Waals surface area contributed by atoms with Gasteiger partial charge in [-0.15, -0.1) is 16.4 Å². The van der Waals surface area contributed by atoms with Crippen molar-refractivity contribution in [1.29, 1.82) is 0 Å². The number of aromatic nitrogens is 5. The van der Waals surface area contributed by atoms with Gasteiger partial charge < -0.3 is 9.42 Å². The highest BCUT2D eigenvalue weighted by Gasteiger charge is 2.30. The fraction of sp³-hybridized carbons (Fsp3) is 0.471. The van der Waals surface area contributed by atoms with E-state index in [9.17, 15) is 4.79 Å². The lowest BCUT2D eigenvalue weighted by Gasteiger charge is -2.32. The first-order chi connectivity index (χ1) is 12.8. The van der Waals surface area contributed by atoms with Crippen LogP contribution in [0.25, 0.3) is 11.6 Å². The maximum atomic E-state index is 12.6. The minimum atomic E-state index is 0.0935. The lowest BCUT2D eigenvalue weighted by atomic mass is 10.1. The molecule has 0 aromatic carbocycles. The van der Waals surface area contributed by atoms with Gasteiger partial charge in [0.15, 0.2) is 11.5 Å². The van der Waals surface area contributed by atoms with Crippen LogP contribution in [0.1, 0.15) is 53.1 Å². The summed E-state index contributed by atoms with van der Waals surface area (Å²) in [6.45, 7) is 1.42. The Kier molecular flexibility index (Phi) is 3.81. The summed E-state index contributed by atoms with van der Waals surface area (Å²) in [4.78, 5) is 19.7. The van der Waals surface area contributed by atoms with E-state index in [1.165, 1.54) is 11.3 Å². The van der Waals surface area contributed by atoms with Gasteiger partial charge in [0.25, 0.3) is 11.8 Å². The molecule has 9 heteroatoms. The van der Waals surface area contributed by atoms with Crippen molar-refractivity contribution in [2.75, 3.05) is 13.1 Å². The molecule has 2 aliphatic rings. The first-order valence-corrected chi connectivity index (χ1v) is 9.74. The summed E-state index contributed by atoms with van der Waals surface area (Å²) in [6, 6.07) is 3.89. The Balaban J connectivity index is 1.31. The van der Waals surface area contributed by atoms with E-state index < -0.39 is 0 Å². The number of likely N-dealkylation sites (tertiary alicyclic amines) is 1. The molecule has 1 amide bonds. The molecule has 1 aliphatic heterocycles. The van der Waals surface area contributed by atoms with Crippen LogP contribution in [-0.4, -0.2) is 49.0 Å². The molecule has 0 spiro atoms. The number of carbonyl (C=O) groups excluding carboxylic acids is 1. The highest BCUT2D eigenvalue weighted by Crippen LogP contribution is 2.38. The molecular weight excluding hydrogens is 352 g/mol. The van der Waals surface area contributed by atoms with Crippen LogP contribution in [-0.2, 0) is 0 Å². The van der Waals surface area contributed by atoms with Gasteiger partial charge in [-0.3, -0.25) is 4.79 Å². The summed E-state index contributed by atoms with van der Waals surface area (Å²) in [6.07, 6.45) is 6.01. The minimum absolute atomic E-state index is 0.0935. The maximum absolute atomic E-state index is 12.6. The monoisotopic (exact) mass is 370 g/mol. The number of carbonyl (C=O) groups is 1.